The SMILES string of the molecule is CNC1CCCCCCC1SCC(=O)NC(C)C. The lowest BCUT2D eigenvalue weighted by Gasteiger charge is -2.28. The van der Waals surface area contributed by atoms with E-state index < -0.39 is 0 Å². The molecule has 1 fully saturated rings. The molecule has 0 radical (unpaired) electrons. The first kappa shape index (κ1) is 15.8. The molecule has 3 nitrogen and oxygen atoms in total. The molecule has 106 valence electrons. The summed E-state index contributed by atoms with van der Waals surface area (Å²) in [4.78, 5) is 11.7. The Kier molecular flexibility index (Phi) is 7.75. The van der Waals surface area contributed by atoms with Crippen molar-refractivity contribution in [1.29, 1.82) is 0 Å². The number of hydrogen-bond acceptors (Lipinski definition) is 3. The minimum atomic E-state index is 0.173. The molecule has 2 N–H and O–H groups in total. The van der Waals surface area contributed by atoms with Gasteiger partial charge in [-0.05, 0) is 33.7 Å². The van der Waals surface area contributed by atoms with Crippen LogP contribution in [0.1, 0.15) is 52.4 Å². The Hall–Kier alpha value is -0.220. The van der Waals surface area contributed by atoms with E-state index in [-0.39, 0.29) is 11.9 Å². The maximum absolute atomic E-state index is 11.7. The zero-order valence-electron chi connectivity index (χ0n) is 12.0. The molecule has 4 heteroatoms. The molecular formula is C14H28N2OS. The Bertz CT molecular complexity index is 246. The highest BCUT2D eigenvalue weighted by atomic mass is 32.2. The highest BCUT2D eigenvalue weighted by Gasteiger charge is 2.22. The molecule has 0 aromatic rings. The maximum atomic E-state index is 11.7. The van der Waals surface area contributed by atoms with Crippen molar-refractivity contribution in [3.63, 3.8) is 0 Å². The van der Waals surface area contributed by atoms with Crippen molar-refractivity contribution in [1.82, 2.24) is 10.6 Å². The smallest absolute Gasteiger partial charge is 0.230 e. The van der Waals surface area contributed by atoms with Gasteiger partial charge in [-0.2, -0.15) is 0 Å². The summed E-state index contributed by atoms with van der Waals surface area (Å²) in [5.41, 5.74) is 0. The topological polar surface area (TPSA) is 41.1 Å². The van der Waals surface area contributed by atoms with E-state index in [4.69, 9.17) is 0 Å². The monoisotopic (exact) mass is 272 g/mol. The van der Waals surface area contributed by atoms with E-state index in [1.54, 1.807) is 0 Å². The molecule has 0 spiro atoms. The van der Waals surface area contributed by atoms with Crippen molar-refractivity contribution in [2.75, 3.05) is 12.8 Å². The second kappa shape index (κ2) is 8.81. The van der Waals surface area contributed by atoms with Gasteiger partial charge in [-0.1, -0.05) is 25.7 Å². The summed E-state index contributed by atoms with van der Waals surface area (Å²) < 4.78 is 0. The summed E-state index contributed by atoms with van der Waals surface area (Å²) in [6, 6.07) is 0.817. The lowest BCUT2D eigenvalue weighted by atomic mass is 9.96. The minimum Gasteiger partial charge on any atom is -0.353 e. The van der Waals surface area contributed by atoms with E-state index in [9.17, 15) is 4.79 Å². The predicted octanol–water partition coefficient (Wildman–Crippen LogP) is 2.56. The average Bonchev–Trinajstić information content (AvgIpc) is 2.27. The highest BCUT2D eigenvalue weighted by molar-refractivity contribution is 8.00. The first-order valence-electron chi connectivity index (χ1n) is 7.21. The lowest BCUT2D eigenvalue weighted by Crippen LogP contribution is -2.38. The van der Waals surface area contributed by atoms with Crippen LogP contribution in [-0.4, -0.2) is 36.0 Å². The normalized spacial score (nSPS) is 25.6. The molecule has 1 amide bonds. The lowest BCUT2D eigenvalue weighted by molar-refractivity contribution is -0.119. The van der Waals surface area contributed by atoms with Crippen molar-refractivity contribution in [2.45, 2.75) is 69.7 Å². The van der Waals surface area contributed by atoms with Gasteiger partial charge in [0.2, 0.25) is 5.91 Å². The summed E-state index contributed by atoms with van der Waals surface area (Å²) >= 11 is 1.83. The third-order valence-electron chi connectivity index (χ3n) is 3.45. The van der Waals surface area contributed by atoms with Crippen LogP contribution in [-0.2, 0) is 4.79 Å². The molecule has 1 saturated carbocycles. The van der Waals surface area contributed by atoms with E-state index >= 15 is 0 Å². The Labute approximate surface area is 116 Å². The molecular weight excluding hydrogens is 244 g/mol. The molecule has 1 aliphatic rings. The number of thioether (sulfide) groups is 1. The number of rotatable bonds is 5. The summed E-state index contributed by atoms with van der Waals surface area (Å²) in [6.45, 7) is 4.02. The molecule has 1 aliphatic carbocycles. The standard InChI is InChI=1S/C14H28N2OS/c1-11(2)16-14(17)10-18-13-9-7-5-4-6-8-12(13)15-3/h11-13,15H,4-10H2,1-3H3,(H,16,17). The van der Waals surface area contributed by atoms with Crippen LogP contribution in [0.5, 0.6) is 0 Å². The van der Waals surface area contributed by atoms with E-state index in [1.807, 2.05) is 32.7 Å². The van der Waals surface area contributed by atoms with Gasteiger partial charge in [-0.25, -0.2) is 0 Å². The van der Waals surface area contributed by atoms with Gasteiger partial charge < -0.3 is 10.6 Å². The van der Waals surface area contributed by atoms with Crippen molar-refractivity contribution in [3.05, 3.63) is 0 Å². The van der Waals surface area contributed by atoms with Gasteiger partial charge in [-0.3, -0.25) is 4.79 Å². The summed E-state index contributed by atoms with van der Waals surface area (Å²) in [7, 11) is 2.05. The van der Waals surface area contributed by atoms with Crippen molar-refractivity contribution < 1.29 is 4.79 Å². The molecule has 0 heterocycles. The Balaban J connectivity index is 2.37. The molecule has 0 aliphatic heterocycles. The van der Waals surface area contributed by atoms with Gasteiger partial charge in [0.25, 0.3) is 0 Å². The number of amides is 1. The third-order valence-corrected chi connectivity index (χ3v) is 4.87. The van der Waals surface area contributed by atoms with Gasteiger partial charge in [0, 0.05) is 17.3 Å². The van der Waals surface area contributed by atoms with Crippen molar-refractivity contribution in [3.8, 4) is 0 Å². The molecule has 2 atom stereocenters. The second-order valence-corrected chi connectivity index (χ2v) is 6.69. The van der Waals surface area contributed by atoms with Crippen LogP contribution in [0.4, 0.5) is 0 Å². The fraction of sp³-hybridized carbons (Fsp3) is 0.929. The van der Waals surface area contributed by atoms with Crippen LogP contribution in [0.3, 0.4) is 0 Å². The van der Waals surface area contributed by atoms with Crippen molar-refractivity contribution in [2.24, 2.45) is 0 Å². The molecule has 18 heavy (non-hydrogen) atoms. The fourth-order valence-corrected chi connectivity index (χ4v) is 3.81. The van der Waals surface area contributed by atoms with Crippen LogP contribution in [0.25, 0.3) is 0 Å². The van der Waals surface area contributed by atoms with Gasteiger partial charge >= 0.3 is 0 Å². The largest absolute Gasteiger partial charge is 0.353 e. The van der Waals surface area contributed by atoms with Crippen LogP contribution >= 0.6 is 11.8 Å². The first-order chi connectivity index (χ1) is 8.63. The highest BCUT2D eigenvalue weighted by Crippen LogP contribution is 2.27. The maximum Gasteiger partial charge on any atom is 0.230 e. The van der Waals surface area contributed by atoms with E-state index in [1.165, 1.54) is 38.5 Å². The Morgan fingerprint density at radius 3 is 2.50 bits per heavy atom. The number of carbonyl (C=O) groups is 1. The van der Waals surface area contributed by atoms with E-state index in [0.29, 0.717) is 17.0 Å². The zero-order valence-corrected chi connectivity index (χ0v) is 12.8. The summed E-state index contributed by atoms with van der Waals surface area (Å²) in [6.07, 6.45) is 7.84. The number of nitrogens with one attached hydrogen (secondary N) is 2. The molecule has 0 aromatic heterocycles. The Morgan fingerprint density at radius 1 is 1.22 bits per heavy atom. The molecule has 2 unspecified atom stereocenters. The van der Waals surface area contributed by atoms with Crippen molar-refractivity contribution >= 4 is 17.7 Å². The molecule has 1 rings (SSSR count). The van der Waals surface area contributed by atoms with Crippen LogP contribution < -0.4 is 10.6 Å². The van der Waals surface area contributed by atoms with Gasteiger partial charge in [0.1, 0.15) is 0 Å². The van der Waals surface area contributed by atoms with Crippen LogP contribution in [0.2, 0.25) is 0 Å². The second-order valence-electron chi connectivity index (χ2n) is 5.46. The zero-order chi connectivity index (χ0) is 13.4. The van der Waals surface area contributed by atoms with Crippen LogP contribution in [0.15, 0.2) is 0 Å². The van der Waals surface area contributed by atoms with Gasteiger partial charge in [0.15, 0.2) is 0 Å². The number of carbonyl (C=O) groups excluding carboxylic acids is 1. The van der Waals surface area contributed by atoms with E-state index in [2.05, 4.69) is 10.6 Å². The van der Waals surface area contributed by atoms with Gasteiger partial charge in [-0.15, -0.1) is 11.8 Å². The Morgan fingerprint density at radius 2 is 1.89 bits per heavy atom. The van der Waals surface area contributed by atoms with Crippen LogP contribution in [0, 0.1) is 0 Å². The van der Waals surface area contributed by atoms with Gasteiger partial charge in [0.05, 0.1) is 5.75 Å². The first-order valence-corrected chi connectivity index (χ1v) is 8.26. The summed E-state index contributed by atoms with van der Waals surface area (Å²) in [5, 5.41) is 6.99. The molecule has 0 saturated heterocycles. The third kappa shape index (κ3) is 6.10. The average molecular weight is 272 g/mol. The number of hydrogen-bond donors (Lipinski definition) is 2. The summed E-state index contributed by atoms with van der Waals surface area (Å²) in [5.74, 6) is 0.771. The molecule has 0 bridgehead atoms. The fourth-order valence-electron chi connectivity index (χ4n) is 2.53. The van der Waals surface area contributed by atoms with E-state index in [0.717, 1.165) is 0 Å². The minimum absolute atomic E-state index is 0.173. The molecule has 0 aromatic carbocycles. The quantitative estimate of drug-likeness (QED) is 0.808. The predicted molar refractivity (Wildman–Crippen MR) is 80.1 cm³/mol.